The summed E-state index contributed by atoms with van der Waals surface area (Å²) >= 11 is 0. The molecular weight excluding hydrogens is 237 g/mol. The first kappa shape index (κ1) is 12.9. The molecular formula is C10H9F3N2O2. The van der Waals surface area contributed by atoms with Crippen molar-refractivity contribution in [3.05, 3.63) is 29.8 Å². The molecule has 0 aliphatic rings. The first-order valence-electron chi connectivity index (χ1n) is 4.41. The molecule has 1 aromatic carbocycles. The fraction of sp³-hybridized carbons (Fsp3) is 0.100. The molecule has 1 rings (SSSR count). The lowest BCUT2D eigenvalue weighted by Crippen LogP contribution is -2.17. The zero-order valence-corrected chi connectivity index (χ0v) is 8.49. The Morgan fingerprint density at radius 3 is 2.47 bits per heavy atom. The van der Waals surface area contributed by atoms with Crippen LogP contribution in [0.2, 0.25) is 0 Å². The van der Waals surface area contributed by atoms with Crippen molar-refractivity contribution in [1.82, 2.24) is 0 Å². The molecule has 4 N–H and O–H groups in total. The van der Waals surface area contributed by atoms with E-state index >= 15 is 0 Å². The maximum Gasteiger partial charge on any atom is 0.573 e. The van der Waals surface area contributed by atoms with Crippen molar-refractivity contribution in [1.29, 1.82) is 0 Å². The second-order valence-electron chi connectivity index (χ2n) is 3.07. The number of nitrogen functional groups attached to an aromatic ring is 1. The molecule has 1 amide bonds. The summed E-state index contributed by atoms with van der Waals surface area (Å²) in [4.78, 5) is 10.5. The second kappa shape index (κ2) is 4.77. The van der Waals surface area contributed by atoms with Gasteiger partial charge in [-0.3, -0.25) is 4.79 Å². The minimum atomic E-state index is -4.77. The van der Waals surface area contributed by atoms with Crippen molar-refractivity contribution in [2.75, 3.05) is 5.73 Å². The quantitative estimate of drug-likeness (QED) is 0.629. The number of primary amides is 1. The van der Waals surface area contributed by atoms with Crippen LogP contribution in [0, 0.1) is 0 Å². The summed E-state index contributed by atoms with van der Waals surface area (Å²) in [5.41, 5.74) is 10.8. The fourth-order valence-corrected chi connectivity index (χ4v) is 1.07. The number of nitrogens with two attached hydrogens (primary N) is 2. The van der Waals surface area contributed by atoms with Crippen molar-refractivity contribution in [3.63, 3.8) is 0 Å². The van der Waals surface area contributed by atoms with E-state index in [-0.39, 0.29) is 5.69 Å². The van der Waals surface area contributed by atoms with E-state index in [9.17, 15) is 18.0 Å². The van der Waals surface area contributed by atoms with Gasteiger partial charge < -0.3 is 16.2 Å². The molecule has 17 heavy (non-hydrogen) atoms. The number of benzene rings is 1. The van der Waals surface area contributed by atoms with Gasteiger partial charge in [0.1, 0.15) is 5.75 Å². The third-order valence-electron chi connectivity index (χ3n) is 1.72. The van der Waals surface area contributed by atoms with Gasteiger partial charge in [-0.15, -0.1) is 13.2 Å². The highest BCUT2D eigenvalue weighted by Crippen LogP contribution is 2.26. The van der Waals surface area contributed by atoms with Gasteiger partial charge in [-0.1, -0.05) is 0 Å². The summed E-state index contributed by atoms with van der Waals surface area (Å²) in [6.45, 7) is 0. The predicted octanol–water partition coefficient (Wildman–Crippen LogP) is 1.67. The lowest BCUT2D eigenvalue weighted by atomic mass is 10.1. The summed E-state index contributed by atoms with van der Waals surface area (Å²) in [5.74, 6) is -1.11. The van der Waals surface area contributed by atoms with Crippen LogP contribution in [0.15, 0.2) is 24.3 Å². The Balaban J connectivity index is 2.90. The molecule has 7 heteroatoms. The Hall–Kier alpha value is -2.18. The first-order chi connectivity index (χ1) is 7.78. The molecule has 0 spiro atoms. The van der Waals surface area contributed by atoms with Crippen molar-refractivity contribution in [3.8, 4) is 5.75 Å². The minimum Gasteiger partial charge on any atom is -0.406 e. The lowest BCUT2D eigenvalue weighted by molar-refractivity contribution is -0.274. The average Bonchev–Trinajstić information content (AvgIpc) is 2.13. The Morgan fingerprint density at radius 1 is 1.35 bits per heavy atom. The number of halogens is 3. The van der Waals surface area contributed by atoms with E-state index in [2.05, 4.69) is 4.74 Å². The molecule has 0 fully saturated rings. The van der Waals surface area contributed by atoms with Crippen LogP contribution in [0.3, 0.4) is 0 Å². The summed E-state index contributed by atoms with van der Waals surface area (Å²) in [6.07, 6.45) is -2.41. The maximum atomic E-state index is 11.9. The van der Waals surface area contributed by atoms with E-state index in [0.29, 0.717) is 5.56 Å². The van der Waals surface area contributed by atoms with Gasteiger partial charge in [0.15, 0.2) is 0 Å². The number of amides is 1. The highest BCUT2D eigenvalue weighted by Gasteiger charge is 2.31. The molecule has 0 aliphatic carbocycles. The molecule has 0 radical (unpaired) electrons. The topological polar surface area (TPSA) is 78.3 Å². The number of carbonyl (C=O) groups excluding carboxylic acids is 1. The van der Waals surface area contributed by atoms with Gasteiger partial charge in [0.2, 0.25) is 5.91 Å². The summed E-state index contributed by atoms with van der Waals surface area (Å²) < 4.78 is 39.3. The van der Waals surface area contributed by atoms with Gasteiger partial charge in [0, 0.05) is 17.8 Å². The zero-order valence-electron chi connectivity index (χ0n) is 8.49. The monoisotopic (exact) mass is 246 g/mol. The van der Waals surface area contributed by atoms with Crippen LogP contribution in [0.5, 0.6) is 5.75 Å². The van der Waals surface area contributed by atoms with Crippen LogP contribution >= 0.6 is 0 Å². The molecule has 0 unspecified atom stereocenters. The number of hydrogen-bond donors (Lipinski definition) is 2. The molecule has 0 saturated heterocycles. The zero-order chi connectivity index (χ0) is 13.1. The normalized spacial score (nSPS) is 11.7. The van der Waals surface area contributed by atoms with Crippen LogP contribution < -0.4 is 16.2 Å². The molecule has 1 aromatic rings. The Kier molecular flexibility index (Phi) is 3.62. The number of hydrogen-bond acceptors (Lipinski definition) is 3. The smallest absolute Gasteiger partial charge is 0.406 e. The van der Waals surface area contributed by atoms with Gasteiger partial charge in [-0.25, -0.2) is 0 Å². The standard InChI is InChI=1S/C10H9F3N2O2/c11-10(12,13)17-7-3-1-6(8(14)5-7)2-4-9(15)16/h1-5H,14H2,(H2,15,16). The van der Waals surface area contributed by atoms with Gasteiger partial charge in [-0.2, -0.15) is 0 Å². The Bertz CT molecular complexity index is 455. The first-order valence-corrected chi connectivity index (χ1v) is 4.41. The summed E-state index contributed by atoms with van der Waals surface area (Å²) in [7, 11) is 0. The SMILES string of the molecule is NC(=O)C=Cc1ccc(OC(F)(F)F)cc1N. The van der Waals surface area contributed by atoms with E-state index < -0.39 is 18.0 Å². The Labute approximate surface area is 94.7 Å². The molecule has 92 valence electrons. The lowest BCUT2D eigenvalue weighted by Gasteiger charge is -2.10. The summed E-state index contributed by atoms with van der Waals surface area (Å²) in [6, 6.07) is 3.38. The number of carbonyl (C=O) groups is 1. The highest BCUT2D eigenvalue weighted by atomic mass is 19.4. The molecule has 0 aliphatic heterocycles. The highest BCUT2D eigenvalue weighted by molar-refractivity contribution is 5.91. The predicted molar refractivity (Wildman–Crippen MR) is 55.8 cm³/mol. The molecule has 0 bridgehead atoms. The van der Waals surface area contributed by atoms with Crippen molar-refractivity contribution >= 4 is 17.7 Å². The van der Waals surface area contributed by atoms with Gasteiger partial charge in [-0.05, 0) is 23.8 Å². The number of anilines is 1. The fourth-order valence-electron chi connectivity index (χ4n) is 1.07. The van der Waals surface area contributed by atoms with Crippen molar-refractivity contribution in [2.24, 2.45) is 5.73 Å². The maximum absolute atomic E-state index is 11.9. The third-order valence-corrected chi connectivity index (χ3v) is 1.72. The minimum absolute atomic E-state index is 0.0456. The number of alkyl halides is 3. The van der Waals surface area contributed by atoms with E-state index in [1.165, 1.54) is 12.1 Å². The van der Waals surface area contributed by atoms with Crippen molar-refractivity contribution < 1.29 is 22.7 Å². The molecule has 0 heterocycles. The molecule has 0 saturated carbocycles. The second-order valence-corrected chi connectivity index (χ2v) is 3.07. The van der Waals surface area contributed by atoms with Crippen LogP contribution in [0.4, 0.5) is 18.9 Å². The molecule has 0 atom stereocenters. The van der Waals surface area contributed by atoms with Gasteiger partial charge >= 0.3 is 6.36 Å². The van der Waals surface area contributed by atoms with E-state index in [1.54, 1.807) is 0 Å². The molecule has 4 nitrogen and oxygen atoms in total. The largest absolute Gasteiger partial charge is 0.573 e. The van der Waals surface area contributed by atoms with Crippen LogP contribution in [0.25, 0.3) is 6.08 Å². The number of rotatable bonds is 3. The average molecular weight is 246 g/mol. The van der Waals surface area contributed by atoms with E-state index in [4.69, 9.17) is 11.5 Å². The van der Waals surface area contributed by atoms with Gasteiger partial charge in [0.05, 0.1) is 0 Å². The van der Waals surface area contributed by atoms with E-state index in [0.717, 1.165) is 18.2 Å². The summed E-state index contributed by atoms with van der Waals surface area (Å²) in [5, 5.41) is 0. The third kappa shape index (κ3) is 4.45. The van der Waals surface area contributed by atoms with Crippen LogP contribution in [0.1, 0.15) is 5.56 Å². The van der Waals surface area contributed by atoms with Crippen LogP contribution in [-0.4, -0.2) is 12.3 Å². The van der Waals surface area contributed by atoms with Gasteiger partial charge in [0.25, 0.3) is 0 Å². The number of ether oxygens (including phenoxy) is 1. The Morgan fingerprint density at radius 2 is 2.00 bits per heavy atom. The molecule has 0 aromatic heterocycles. The van der Waals surface area contributed by atoms with E-state index in [1.807, 2.05) is 0 Å². The van der Waals surface area contributed by atoms with Crippen LogP contribution in [-0.2, 0) is 4.79 Å². The van der Waals surface area contributed by atoms with Crippen molar-refractivity contribution in [2.45, 2.75) is 6.36 Å².